The van der Waals surface area contributed by atoms with Gasteiger partial charge in [-0.25, -0.2) is 0 Å². The number of imide groups is 1. The van der Waals surface area contributed by atoms with Gasteiger partial charge in [0.15, 0.2) is 0 Å². The fourth-order valence-electron chi connectivity index (χ4n) is 3.95. The van der Waals surface area contributed by atoms with Gasteiger partial charge >= 0.3 is 0 Å². The minimum Gasteiger partial charge on any atom is -0.398 e. The second-order valence-electron chi connectivity index (χ2n) is 6.52. The molecule has 2 N–H and O–H groups in total. The van der Waals surface area contributed by atoms with Gasteiger partial charge in [0.25, 0.3) is 0 Å². The van der Waals surface area contributed by atoms with Gasteiger partial charge in [-0.1, -0.05) is 31.0 Å². The van der Waals surface area contributed by atoms with Crippen LogP contribution in [0.3, 0.4) is 0 Å². The largest absolute Gasteiger partial charge is 0.398 e. The van der Waals surface area contributed by atoms with E-state index in [4.69, 9.17) is 5.73 Å². The van der Waals surface area contributed by atoms with Gasteiger partial charge in [-0.05, 0) is 36.8 Å². The van der Waals surface area contributed by atoms with E-state index in [1.807, 2.05) is 31.2 Å². The van der Waals surface area contributed by atoms with E-state index in [9.17, 15) is 9.59 Å². The third-order valence-corrected chi connectivity index (χ3v) is 5.09. The first kappa shape index (κ1) is 14.1. The number of amides is 2. The molecular formula is C17H22N2O2. The molecule has 1 saturated heterocycles. The molecule has 1 aromatic rings. The predicted octanol–water partition coefficient (Wildman–Crippen LogP) is 3.04. The Morgan fingerprint density at radius 2 is 1.67 bits per heavy atom. The monoisotopic (exact) mass is 286 g/mol. The Bertz CT molecular complexity index is 556. The average molecular weight is 286 g/mol. The fraction of sp³-hybridized carbons (Fsp3) is 0.529. The minimum atomic E-state index is -0.287. The van der Waals surface area contributed by atoms with Crippen molar-refractivity contribution in [2.75, 3.05) is 5.73 Å². The smallest absolute Gasteiger partial charge is 0.230 e. The number of nitrogen functional groups attached to an aromatic ring is 1. The van der Waals surface area contributed by atoms with Crippen LogP contribution < -0.4 is 5.73 Å². The summed E-state index contributed by atoms with van der Waals surface area (Å²) in [7, 11) is 0. The molecule has 4 heteroatoms. The van der Waals surface area contributed by atoms with E-state index in [1.54, 1.807) is 0 Å². The second-order valence-corrected chi connectivity index (χ2v) is 6.52. The maximum absolute atomic E-state index is 12.6. The number of piperidine rings is 1. The molecule has 1 aromatic carbocycles. The predicted molar refractivity (Wildman–Crippen MR) is 81.3 cm³/mol. The van der Waals surface area contributed by atoms with E-state index >= 15 is 0 Å². The molecule has 112 valence electrons. The molecule has 3 rings (SSSR count). The van der Waals surface area contributed by atoms with Crippen molar-refractivity contribution in [1.82, 2.24) is 4.90 Å². The maximum atomic E-state index is 12.6. The zero-order valence-electron chi connectivity index (χ0n) is 12.5. The molecule has 2 aliphatic rings. The number of hydrogen-bond donors (Lipinski definition) is 1. The second kappa shape index (κ2) is 5.17. The van der Waals surface area contributed by atoms with Crippen LogP contribution in [0, 0.1) is 5.41 Å². The van der Waals surface area contributed by atoms with E-state index in [0.717, 1.165) is 31.2 Å². The van der Waals surface area contributed by atoms with Gasteiger partial charge in [0.2, 0.25) is 11.8 Å². The summed E-state index contributed by atoms with van der Waals surface area (Å²) in [5.41, 5.74) is 7.42. The summed E-state index contributed by atoms with van der Waals surface area (Å²) in [5.74, 6) is -0.0761. The third-order valence-electron chi connectivity index (χ3n) is 5.09. The van der Waals surface area contributed by atoms with Crippen LogP contribution in [0.1, 0.15) is 57.1 Å². The van der Waals surface area contributed by atoms with Crippen molar-refractivity contribution in [3.05, 3.63) is 29.8 Å². The van der Waals surface area contributed by atoms with Gasteiger partial charge in [0.05, 0.1) is 6.04 Å². The molecule has 1 heterocycles. The lowest BCUT2D eigenvalue weighted by molar-refractivity contribution is -0.156. The number of hydrogen-bond acceptors (Lipinski definition) is 3. The zero-order chi connectivity index (χ0) is 15.0. The Hall–Kier alpha value is -1.84. The topological polar surface area (TPSA) is 63.4 Å². The lowest BCUT2D eigenvalue weighted by Crippen LogP contribution is -2.48. The van der Waals surface area contributed by atoms with Crippen molar-refractivity contribution in [2.24, 2.45) is 5.41 Å². The van der Waals surface area contributed by atoms with Gasteiger partial charge < -0.3 is 5.73 Å². The van der Waals surface area contributed by atoms with Gasteiger partial charge in [0, 0.05) is 18.5 Å². The molecule has 1 saturated carbocycles. The molecule has 0 radical (unpaired) electrons. The molecule has 2 amide bonds. The van der Waals surface area contributed by atoms with Crippen LogP contribution in [0.2, 0.25) is 0 Å². The first-order valence-corrected chi connectivity index (χ1v) is 7.72. The average Bonchev–Trinajstić information content (AvgIpc) is 2.85. The molecule has 4 nitrogen and oxygen atoms in total. The number of rotatable bonds is 2. The van der Waals surface area contributed by atoms with E-state index in [1.165, 1.54) is 4.90 Å². The number of para-hydroxylation sites is 1. The number of nitrogens with zero attached hydrogens (tertiary/aromatic N) is 1. The van der Waals surface area contributed by atoms with E-state index < -0.39 is 0 Å². The molecule has 1 aliphatic heterocycles. The fourth-order valence-corrected chi connectivity index (χ4v) is 3.95. The van der Waals surface area contributed by atoms with Crippen LogP contribution in [0.25, 0.3) is 0 Å². The van der Waals surface area contributed by atoms with Crippen LogP contribution in [-0.2, 0) is 9.59 Å². The van der Waals surface area contributed by atoms with Crippen LogP contribution in [0.15, 0.2) is 24.3 Å². The molecule has 21 heavy (non-hydrogen) atoms. The van der Waals surface area contributed by atoms with Crippen molar-refractivity contribution < 1.29 is 9.59 Å². The number of likely N-dealkylation sites (tertiary alicyclic amines) is 1. The number of anilines is 1. The van der Waals surface area contributed by atoms with Gasteiger partial charge in [-0.2, -0.15) is 0 Å². The summed E-state index contributed by atoms with van der Waals surface area (Å²) >= 11 is 0. The first-order valence-electron chi connectivity index (χ1n) is 7.72. The highest BCUT2D eigenvalue weighted by molar-refractivity contribution is 5.99. The molecule has 2 fully saturated rings. The summed E-state index contributed by atoms with van der Waals surface area (Å²) in [4.78, 5) is 26.5. The third kappa shape index (κ3) is 2.43. The Morgan fingerprint density at radius 1 is 1.10 bits per heavy atom. The van der Waals surface area contributed by atoms with Crippen LogP contribution >= 0.6 is 0 Å². The van der Waals surface area contributed by atoms with E-state index in [-0.39, 0.29) is 23.3 Å². The van der Waals surface area contributed by atoms with Crippen molar-refractivity contribution >= 4 is 17.5 Å². The normalized spacial score (nSPS) is 22.8. The highest BCUT2D eigenvalue weighted by Crippen LogP contribution is 2.48. The summed E-state index contributed by atoms with van der Waals surface area (Å²) in [5, 5.41) is 0. The Morgan fingerprint density at radius 3 is 2.24 bits per heavy atom. The van der Waals surface area contributed by atoms with Crippen LogP contribution in [0.5, 0.6) is 0 Å². The molecule has 0 aromatic heterocycles. The highest BCUT2D eigenvalue weighted by atomic mass is 16.2. The number of carbonyl (C=O) groups is 2. The molecule has 1 aliphatic carbocycles. The van der Waals surface area contributed by atoms with E-state index in [2.05, 4.69) is 0 Å². The standard InChI is InChI=1S/C17H22N2O2/c1-12(13-6-2-3-7-14(13)18)19-15(20)10-17(11-16(19)21)8-4-5-9-17/h2-3,6-7,12H,4-5,8-11,18H2,1H3. The quantitative estimate of drug-likeness (QED) is 0.671. The summed E-state index contributed by atoms with van der Waals surface area (Å²) < 4.78 is 0. The lowest BCUT2D eigenvalue weighted by atomic mass is 9.76. The van der Waals surface area contributed by atoms with Gasteiger partial charge in [0.1, 0.15) is 0 Å². The lowest BCUT2D eigenvalue weighted by Gasteiger charge is -2.40. The van der Waals surface area contributed by atoms with Crippen molar-refractivity contribution in [1.29, 1.82) is 0 Å². The highest BCUT2D eigenvalue weighted by Gasteiger charge is 2.46. The van der Waals surface area contributed by atoms with Gasteiger partial charge in [-0.15, -0.1) is 0 Å². The zero-order valence-corrected chi connectivity index (χ0v) is 12.5. The molecule has 1 unspecified atom stereocenters. The minimum absolute atomic E-state index is 0.0381. The van der Waals surface area contributed by atoms with Crippen LogP contribution in [0.4, 0.5) is 5.69 Å². The van der Waals surface area contributed by atoms with Crippen molar-refractivity contribution in [3.63, 3.8) is 0 Å². The number of benzene rings is 1. The van der Waals surface area contributed by atoms with Gasteiger partial charge in [-0.3, -0.25) is 14.5 Å². The maximum Gasteiger partial charge on any atom is 0.230 e. The summed E-state index contributed by atoms with van der Waals surface area (Å²) in [6.07, 6.45) is 5.33. The van der Waals surface area contributed by atoms with Crippen molar-refractivity contribution in [3.8, 4) is 0 Å². The van der Waals surface area contributed by atoms with E-state index in [0.29, 0.717) is 18.5 Å². The first-order chi connectivity index (χ1) is 10.0. The Labute approximate surface area is 125 Å². The number of nitrogens with two attached hydrogens (primary N) is 1. The molecule has 1 atom stereocenters. The molecule has 0 bridgehead atoms. The SMILES string of the molecule is CC(c1ccccc1N)N1C(=O)CC2(CCCC2)CC1=O. The molecule has 1 spiro atoms. The Kier molecular flexibility index (Phi) is 3.47. The van der Waals surface area contributed by atoms with Crippen molar-refractivity contribution in [2.45, 2.75) is 51.5 Å². The summed E-state index contributed by atoms with van der Waals surface area (Å²) in [6.45, 7) is 1.88. The molecular weight excluding hydrogens is 264 g/mol. The van der Waals surface area contributed by atoms with Crippen LogP contribution in [-0.4, -0.2) is 16.7 Å². The summed E-state index contributed by atoms with van der Waals surface area (Å²) in [6, 6.07) is 7.16. The Balaban J connectivity index is 1.85. The number of carbonyl (C=O) groups excluding carboxylic acids is 2.